The van der Waals surface area contributed by atoms with E-state index in [1.807, 2.05) is 0 Å². The summed E-state index contributed by atoms with van der Waals surface area (Å²) in [7, 11) is 0. The smallest absolute Gasteiger partial charge is 0.545 e. The maximum Gasteiger partial charge on any atom is 1.00 e. The van der Waals surface area contributed by atoms with Crippen molar-refractivity contribution in [2.24, 2.45) is 17.8 Å². The van der Waals surface area contributed by atoms with Crippen molar-refractivity contribution in [1.82, 2.24) is 0 Å². The molecule has 2 aliphatic rings. The number of aromatic carboxylic acids is 1. The number of carboxylic acids is 1. The van der Waals surface area contributed by atoms with Crippen molar-refractivity contribution in [2.45, 2.75) is 19.8 Å². The molecule has 2 atom stereocenters. The molecule has 1 heterocycles. The molecule has 1 aliphatic carbocycles. The fourth-order valence-corrected chi connectivity index (χ4v) is 3.70. The Morgan fingerprint density at radius 2 is 1.88 bits per heavy atom. The summed E-state index contributed by atoms with van der Waals surface area (Å²) in [6, 6.07) is 2.01. The minimum absolute atomic E-state index is 0. The number of carbonyl (C=O) groups is 2. The molecule has 1 aromatic rings. The van der Waals surface area contributed by atoms with Crippen molar-refractivity contribution in [2.75, 3.05) is 19.8 Å². The summed E-state index contributed by atoms with van der Waals surface area (Å²) in [4.78, 5) is 23.9. The standard InChI is InChI=1S/C17H19FO5.Li/c1-2-23-14-6-11(13(18)5-12(14)17(20)21)16(19)15-9-3-4-10(15)8-22-7-9;/h5-6,9-10,15H,2-4,7-8H2,1H3,(H,20,21);/q;+1/p-1. The van der Waals surface area contributed by atoms with Gasteiger partial charge in [0.05, 0.1) is 31.4 Å². The van der Waals surface area contributed by atoms with Crippen molar-refractivity contribution in [3.05, 3.63) is 29.1 Å². The van der Waals surface area contributed by atoms with Gasteiger partial charge >= 0.3 is 18.9 Å². The topological polar surface area (TPSA) is 75.7 Å². The molecule has 2 unspecified atom stereocenters. The van der Waals surface area contributed by atoms with Gasteiger partial charge in [0, 0.05) is 11.5 Å². The van der Waals surface area contributed by atoms with Gasteiger partial charge in [-0.1, -0.05) is 0 Å². The SMILES string of the molecule is CCOc1cc(C(=O)C2C3CCC2COC3)c(F)cc1C(=O)[O-].[Li+]. The van der Waals surface area contributed by atoms with E-state index in [1.54, 1.807) is 6.92 Å². The number of ether oxygens (including phenoxy) is 2. The minimum Gasteiger partial charge on any atom is -0.545 e. The number of rotatable bonds is 5. The second kappa shape index (κ2) is 7.69. The summed E-state index contributed by atoms with van der Waals surface area (Å²) in [5, 5.41) is 11.1. The molecule has 1 saturated heterocycles. The summed E-state index contributed by atoms with van der Waals surface area (Å²) in [5.41, 5.74) is -0.488. The zero-order chi connectivity index (χ0) is 16.6. The zero-order valence-electron chi connectivity index (χ0n) is 13.8. The van der Waals surface area contributed by atoms with Crippen LogP contribution in [0.1, 0.15) is 40.5 Å². The van der Waals surface area contributed by atoms with Crippen LogP contribution in [0, 0.1) is 23.6 Å². The van der Waals surface area contributed by atoms with Crippen LogP contribution >= 0.6 is 0 Å². The van der Waals surface area contributed by atoms with E-state index >= 15 is 0 Å². The van der Waals surface area contributed by atoms with E-state index in [-0.39, 0.29) is 65.9 Å². The average Bonchev–Trinajstić information content (AvgIpc) is 2.77. The van der Waals surface area contributed by atoms with Crippen molar-refractivity contribution >= 4 is 11.8 Å². The Hall–Kier alpha value is -1.35. The molecule has 1 aliphatic heterocycles. The molecule has 5 nitrogen and oxygen atoms in total. The first-order valence-electron chi connectivity index (χ1n) is 7.82. The van der Waals surface area contributed by atoms with Gasteiger partial charge in [0.25, 0.3) is 0 Å². The summed E-state index contributed by atoms with van der Waals surface area (Å²) >= 11 is 0. The van der Waals surface area contributed by atoms with Crippen LogP contribution in [0.2, 0.25) is 0 Å². The van der Waals surface area contributed by atoms with Crippen LogP contribution in [-0.4, -0.2) is 31.6 Å². The quantitative estimate of drug-likeness (QED) is 0.483. The van der Waals surface area contributed by atoms with E-state index in [2.05, 4.69) is 0 Å². The van der Waals surface area contributed by atoms with Gasteiger partial charge in [-0.15, -0.1) is 0 Å². The number of Topliss-reactive ketones (excluding diaryl/α,β-unsaturated/α-hetero) is 1. The predicted octanol–water partition coefficient (Wildman–Crippen LogP) is -1.55. The van der Waals surface area contributed by atoms with Gasteiger partial charge in [0.2, 0.25) is 0 Å². The fraction of sp³-hybridized carbons (Fsp3) is 0.529. The third-order valence-electron chi connectivity index (χ3n) is 4.75. The number of hydrogen-bond acceptors (Lipinski definition) is 5. The van der Waals surface area contributed by atoms with Gasteiger partial charge in [-0.05, 0) is 43.7 Å². The van der Waals surface area contributed by atoms with Crippen molar-refractivity contribution in [3.8, 4) is 5.75 Å². The Bertz CT molecular complexity index is 632. The first kappa shape index (κ1) is 19.0. The second-order valence-electron chi connectivity index (χ2n) is 6.07. The maximum atomic E-state index is 14.3. The Labute approximate surface area is 151 Å². The van der Waals surface area contributed by atoms with Gasteiger partial charge in [0.15, 0.2) is 5.78 Å². The molecule has 2 fully saturated rings. The van der Waals surface area contributed by atoms with Crippen LogP contribution in [0.4, 0.5) is 4.39 Å². The van der Waals surface area contributed by atoms with Gasteiger partial charge in [0.1, 0.15) is 11.6 Å². The van der Waals surface area contributed by atoms with Gasteiger partial charge < -0.3 is 19.4 Å². The molecular weight excluding hydrogens is 310 g/mol. The summed E-state index contributed by atoms with van der Waals surface area (Å²) < 4.78 is 25.0. The predicted molar refractivity (Wildman–Crippen MR) is 76.8 cm³/mol. The molecule has 1 aromatic carbocycles. The number of fused-ring (bicyclic) bond motifs is 2. The average molecular weight is 328 g/mol. The number of halogens is 1. The molecule has 3 rings (SSSR count). The van der Waals surface area contributed by atoms with Gasteiger partial charge in [-0.2, -0.15) is 0 Å². The molecule has 0 spiro atoms. The van der Waals surface area contributed by atoms with Crippen LogP contribution in [0.25, 0.3) is 0 Å². The molecule has 0 N–H and O–H groups in total. The number of carboxylic acid groups (broad SMARTS) is 1. The van der Waals surface area contributed by atoms with Crippen LogP contribution < -0.4 is 28.7 Å². The third kappa shape index (κ3) is 3.37. The van der Waals surface area contributed by atoms with E-state index in [0.29, 0.717) is 13.2 Å². The van der Waals surface area contributed by atoms with Gasteiger partial charge in [-0.3, -0.25) is 4.79 Å². The summed E-state index contributed by atoms with van der Waals surface area (Å²) in [5.74, 6) is -2.74. The second-order valence-corrected chi connectivity index (χ2v) is 6.07. The summed E-state index contributed by atoms with van der Waals surface area (Å²) in [6.45, 7) is 2.93. The third-order valence-corrected chi connectivity index (χ3v) is 4.75. The van der Waals surface area contributed by atoms with Crippen molar-refractivity contribution in [1.29, 1.82) is 0 Å². The first-order chi connectivity index (χ1) is 11.0. The number of carbonyl (C=O) groups excluding carboxylic acids is 2. The Balaban J connectivity index is 0.00000208. The van der Waals surface area contributed by atoms with Crippen LogP contribution in [-0.2, 0) is 4.74 Å². The normalized spacial score (nSPS) is 25.0. The molecule has 7 heteroatoms. The molecule has 0 aromatic heterocycles. The number of hydrogen-bond donors (Lipinski definition) is 0. The first-order valence-corrected chi connectivity index (χ1v) is 7.82. The van der Waals surface area contributed by atoms with Crippen LogP contribution in [0.5, 0.6) is 5.75 Å². The molecule has 1 saturated carbocycles. The molecule has 24 heavy (non-hydrogen) atoms. The number of benzene rings is 1. The van der Waals surface area contributed by atoms with E-state index < -0.39 is 11.8 Å². The largest absolute Gasteiger partial charge is 1.00 e. The molecule has 0 amide bonds. The van der Waals surface area contributed by atoms with Crippen LogP contribution in [0.3, 0.4) is 0 Å². The van der Waals surface area contributed by atoms with E-state index in [1.165, 1.54) is 6.07 Å². The van der Waals surface area contributed by atoms with Crippen LogP contribution in [0.15, 0.2) is 12.1 Å². The molecule has 124 valence electrons. The van der Waals surface area contributed by atoms with E-state index in [0.717, 1.165) is 18.9 Å². The summed E-state index contributed by atoms with van der Waals surface area (Å²) in [6.07, 6.45) is 1.80. The van der Waals surface area contributed by atoms with Crippen molar-refractivity contribution in [3.63, 3.8) is 0 Å². The minimum atomic E-state index is -1.53. The fourth-order valence-electron chi connectivity index (χ4n) is 3.70. The molecule has 0 radical (unpaired) electrons. The maximum absolute atomic E-state index is 14.3. The van der Waals surface area contributed by atoms with E-state index in [9.17, 15) is 19.1 Å². The monoisotopic (exact) mass is 328 g/mol. The van der Waals surface area contributed by atoms with Gasteiger partial charge in [-0.25, -0.2) is 4.39 Å². The Morgan fingerprint density at radius 1 is 1.25 bits per heavy atom. The Kier molecular flexibility index (Phi) is 6.08. The zero-order valence-corrected chi connectivity index (χ0v) is 13.8. The number of ketones is 1. The molecule has 2 bridgehead atoms. The van der Waals surface area contributed by atoms with Crippen molar-refractivity contribution < 1.29 is 47.4 Å². The van der Waals surface area contributed by atoms with E-state index in [4.69, 9.17) is 9.47 Å². The molecular formula is C17H18FLiO5. The Morgan fingerprint density at radius 3 is 2.42 bits per heavy atom.